The van der Waals surface area contributed by atoms with Crippen LogP contribution in [0.1, 0.15) is 34.5 Å². The molecule has 2 aromatic rings. The Morgan fingerprint density at radius 2 is 2.05 bits per heavy atom. The van der Waals surface area contributed by atoms with E-state index < -0.39 is 17.6 Å². The standard InChI is InChI=1S/C14H11BrF3NOS/c1-8(9-4-5-21-7-9)19-13(20)11-3-2-10(15)6-12(11)14(16,17)18/h2-8H,1H3,(H,19,20). The zero-order valence-electron chi connectivity index (χ0n) is 10.9. The van der Waals surface area contributed by atoms with Gasteiger partial charge in [0.25, 0.3) is 5.91 Å². The van der Waals surface area contributed by atoms with E-state index in [-0.39, 0.29) is 16.1 Å². The van der Waals surface area contributed by atoms with Crippen LogP contribution >= 0.6 is 27.3 Å². The fraction of sp³-hybridized carbons (Fsp3) is 0.214. The van der Waals surface area contributed by atoms with Crippen LogP contribution in [-0.4, -0.2) is 5.91 Å². The number of thiophene rings is 1. The van der Waals surface area contributed by atoms with Gasteiger partial charge in [-0.2, -0.15) is 24.5 Å². The Kier molecular flexibility index (Phi) is 4.73. The molecule has 0 saturated heterocycles. The van der Waals surface area contributed by atoms with Crippen LogP contribution < -0.4 is 5.32 Å². The van der Waals surface area contributed by atoms with Crippen molar-refractivity contribution in [2.45, 2.75) is 19.1 Å². The number of benzene rings is 1. The minimum atomic E-state index is -4.58. The molecule has 0 fully saturated rings. The molecule has 112 valence electrons. The molecule has 1 aromatic carbocycles. The summed E-state index contributed by atoms with van der Waals surface area (Å²) in [6.07, 6.45) is -4.58. The van der Waals surface area contributed by atoms with E-state index in [1.54, 1.807) is 6.92 Å². The lowest BCUT2D eigenvalue weighted by Gasteiger charge is -2.16. The number of hydrogen-bond acceptors (Lipinski definition) is 2. The largest absolute Gasteiger partial charge is 0.417 e. The Morgan fingerprint density at radius 3 is 2.62 bits per heavy atom. The second-order valence-electron chi connectivity index (χ2n) is 4.44. The number of halogens is 4. The van der Waals surface area contributed by atoms with Gasteiger partial charge in [-0.25, -0.2) is 0 Å². The lowest BCUT2D eigenvalue weighted by molar-refractivity contribution is -0.138. The zero-order valence-corrected chi connectivity index (χ0v) is 13.3. The van der Waals surface area contributed by atoms with Crippen molar-refractivity contribution in [3.8, 4) is 0 Å². The van der Waals surface area contributed by atoms with Crippen LogP contribution in [0.25, 0.3) is 0 Å². The SMILES string of the molecule is CC(NC(=O)c1ccc(Br)cc1C(F)(F)F)c1ccsc1. The van der Waals surface area contributed by atoms with Gasteiger partial charge in [-0.15, -0.1) is 0 Å². The highest BCUT2D eigenvalue weighted by Gasteiger charge is 2.35. The van der Waals surface area contributed by atoms with Gasteiger partial charge in [0.1, 0.15) is 0 Å². The summed E-state index contributed by atoms with van der Waals surface area (Å²) in [4.78, 5) is 12.1. The fourth-order valence-corrected chi connectivity index (χ4v) is 2.94. The molecule has 0 aliphatic rings. The Balaban J connectivity index is 2.27. The van der Waals surface area contributed by atoms with Gasteiger partial charge in [0.2, 0.25) is 0 Å². The van der Waals surface area contributed by atoms with Gasteiger partial charge < -0.3 is 5.32 Å². The molecular formula is C14H11BrF3NOS. The molecule has 0 radical (unpaired) electrons. The van der Waals surface area contributed by atoms with E-state index in [0.717, 1.165) is 11.6 Å². The molecule has 1 atom stereocenters. The molecule has 1 unspecified atom stereocenters. The Labute approximate surface area is 132 Å². The van der Waals surface area contributed by atoms with Crippen LogP contribution in [0.3, 0.4) is 0 Å². The molecule has 0 saturated carbocycles. The zero-order chi connectivity index (χ0) is 15.6. The summed E-state index contributed by atoms with van der Waals surface area (Å²) < 4.78 is 39.3. The van der Waals surface area contributed by atoms with E-state index in [4.69, 9.17) is 0 Å². The highest BCUT2D eigenvalue weighted by molar-refractivity contribution is 9.10. The Morgan fingerprint density at radius 1 is 1.33 bits per heavy atom. The normalized spacial score (nSPS) is 13.0. The molecule has 0 aliphatic carbocycles. The van der Waals surface area contributed by atoms with Gasteiger partial charge in [0.05, 0.1) is 17.2 Å². The average Bonchev–Trinajstić information content (AvgIpc) is 2.91. The van der Waals surface area contributed by atoms with Crippen LogP contribution in [-0.2, 0) is 6.18 Å². The van der Waals surface area contributed by atoms with Gasteiger partial charge >= 0.3 is 6.18 Å². The Bertz CT molecular complexity index is 640. The minimum absolute atomic E-state index is 0.275. The lowest BCUT2D eigenvalue weighted by atomic mass is 10.1. The summed E-state index contributed by atoms with van der Waals surface area (Å²) in [5.41, 5.74) is -0.473. The van der Waals surface area contributed by atoms with E-state index in [1.807, 2.05) is 16.8 Å². The number of carbonyl (C=O) groups excluding carboxylic acids is 1. The van der Waals surface area contributed by atoms with Crippen molar-refractivity contribution in [2.24, 2.45) is 0 Å². The van der Waals surface area contributed by atoms with E-state index in [1.165, 1.54) is 23.5 Å². The van der Waals surface area contributed by atoms with Gasteiger partial charge in [0, 0.05) is 4.47 Å². The summed E-state index contributed by atoms with van der Waals surface area (Å²) in [6, 6.07) is 4.96. The maximum atomic E-state index is 13.0. The molecule has 21 heavy (non-hydrogen) atoms. The number of nitrogens with one attached hydrogen (secondary N) is 1. The molecule has 1 amide bonds. The third-order valence-corrected chi connectivity index (χ3v) is 4.12. The highest BCUT2D eigenvalue weighted by Crippen LogP contribution is 2.34. The molecular weight excluding hydrogens is 367 g/mol. The number of amides is 1. The molecule has 0 aliphatic heterocycles. The van der Waals surface area contributed by atoms with E-state index >= 15 is 0 Å². The van der Waals surface area contributed by atoms with Crippen molar-refractivity contribution in [3.05, 3.63) is 56.2 Å². The first-order chi connectivity index (χ1) is 9.79. The Hall–Kier alpha value is -1.34. The summed E-state index contributed by atoms with van der Waals surface area (Å²) in [5, 5.41) is 6.27. The number of alkyl halides is 3. The second kappa shape index (κ2) is 6.19. The van der Waals surface area contributed by atoms with Crippen molar-refractivity contribution in [1.82, 2.24) is 5.32 Å². The molecule has 0 spiro atoms. The third kappa shape index (κ3) is 3.85. The third-order valence-electron chi connectivity index (χ3n) is 2.92. The maximum Gasteiger partial charge on any atom is 0.417 e. The van der Waals surface area contributed by atoms with E-state index in [0.29, 0.717) is 0 Å². The summed E-state index contributed by atoms with van der Waals surface area (Å²) in [5.74, 6) is -0.742. The lowest BCUT2D eigenvalue weighted by Crippen LogP contribution is -2.28. The summed E-state index contributed by atoms with van der Waals surface area (Å²) >= 11 is 4.45. The summed E-state index contributed by atoms with van der Waals surface area (Å²) in [6.45, 7) is 1.73. The first kappa shape index (κ1) is 16.0. The number of rotatable bonds is 3. The molecule has 7 heteroatoms. The topological polar surface area (TPSA) is 29.1 Å². The van der Waals surface area contributed by atoms with Crippen LogP contribution in [0.2, 0.25) is 0 Å². The van der Waals surface area contributed by atoms with Gasteiger partial charge in [-0.3, -0.25) is 4.79 Å². The molecule has 2 nitrogen and oxygen atoms in total. The van der Waals surface area contributed by atoms with Crippen molar-refractivity contribution < 1.29 is 18.0 Å². The maximum absolute atomic E-state index is 13.0. The number of hydrogen-bond donors (Lipinski definition) is 1. The van der Waals surface area contributed by atoms with Gasteiger partial charge in [-0.05, 0) is 47.5 Å². The second-order valence-corrected chi connectivity index (χ2v) is 6.14. The van der Waals surface area contributed by atoms with Gasteiger partial charge in [-0.1, -0.05) is 15.9 Å². The molecule has 0 bridgehead atoms. The van der Waals surface area contributed by atoms with Crippen molar-refractivity contribution in [1.29, 1.82) is 0 Å². The molecule has 2 rings (SSSR count). The average molecular weight is 378 g/mol. The predicted octanol–water partition coefficient (Wildman–Crippen LogP) is 5.02. The van der Waals surface area contributed by atoms with E-state index in [2.05, 4.69) is 21.2 Å². The smallest absolute Gasteiger partial charge is 0.345 e. The summed E-state index contributed by atoms with van der Waals surface area (Å²) in [7, 11) is 0. The fourth-order valence-electron chi connectivity index (χ4n) is 1.83. The van der Waals surface area contributed by atoms with Crippen LogP contribution in [0.4, 0.5) is 13.2 Å². The molecule has 1 aromatic heterocycles. The van der Waals surface area contributed by atoms with Crippen molar-refractivity contribution >= 4 is 33.2 Å². The highest BCUT2D eigenvalue weighted by atomic mass is 79.9. The van der Waals surface area contributed by atoms with Crippen molar-refractivity contribution in [2.75, 3.05) is 0 Å². The minimum Gasteiger partial charge on any atom is -0.345 e. The number of carbonyl (C=O) groups is 1. The van der Waals surface area contributed by atoms with Gasteiger partial charge in [0.15, 0.2) is 0 Å². The predicted molar refractivity (Wildman–Crippen MR) is 79.3 cm³/mol. The monoisotopic (exact) mass is 377 g/mol. The van der Waals surface area contributed by atoms with E-state index in [9.17, 15) is 18.0 Å². The first-order valence-electron chi connectivity index (χ1n) is 5.98. The van der Waals surface area contributed by atoms with Crippen LogP contribution in [0, 0.1) is 0 Å². The van der Waals surface area contributed by atoms with Crippen LogP contribution in [0.5, 0.6) is 0 Å². The quantitative estimate of drug-likeness (QED) is 0.799. The first-order valence-corrected chi connectivity index (χ1v) is 7.72. The molecule has 1 heterocycles. The molecule has 1 N–H and O–H groups in total. The van der Waals surface area contributed by atoms with Crippen LogP contribution in [0.15, 0.2) is 39.5 Å². The van der Waals surface area contributed by atoms with Crippen molar-refractivity contribution in [3.63, 3.8) is 0 Å².